The number of halogens is 1. The number of thiazole rings is 1. The molecular weight excluding hydrogens is 414 g/mol. The van der Waals surface area contributed by atoms with Gasteiger partial charge in [-0.25, -0.2) is 9.78 Å². The first kappa shape index (κ1) is 22.5. The van der Waals surface area contributed by atoms with Gasteiger partial charge in [-0.1, -0.05) is 12.1 Å². The minimum Gasteiger partial charge on any atom is -0.465 e. The number of ether oxygens (including phenoxy) is 1. The number of methoxy groups -OCH3 is 1. The number of aryl methyl sites for hydroxylation is 1. The Kier molecular flexibility index (Phi) is 7.89. The number of anilines is 1. The summed E-state index contributed by atoms with van der Waals surface area (Å²) in [6, 6.07) is 6.74. The van der Waals surface area contributed by atoms with Crippen molar-refractivity contribution in [3.8, 4) is 0 Å². The highest BCUT2D eigenvalue weighted by Gasteiger charge is 2.21. The van der Waals surface area contributed by atoms with E-state index in [2.05, 4.69) is 20.7 Å². The van der Waals surface area contributed by atoms with E-state index in [4.69, 9.17) is 4.74 Å². The highest BCUT2D eigenvalue weighted by Crippen LogP contribution is 2.23. The molecule has 1 amide bonds. The zero-order chi connectivity index (χ0) is 20.1. The van der Waals surface area contributed by atoms with E-state index in [1.807, 2.05) is 12.1 Å². The predicted molar refractivity (Wildman–Crippen MR) is 114 cm³/mol. The van der Waals surface area contributed by atoms with Gasteiger partial charge in [0.25, 0.3) is 0 Å². The fourth-order valence-electron chi connectivity index (χ4n) is 2.79. The van der Waals surface area contributed by atoms with E-state index >= 15 is 0 Å². The second-order valence-electron chi connectivity index (χ2n) is 6.16. The van der Waals surface area contributed by atoms with Gasteiger partial charge in [0.05, 0.1) is 18.9 Å². The van der Waals surface area contributed by atoms with Crippen molar-refractivity contribution in [2.24, 2.45) is 7.05 Å². The molecule has 0 spiro atoms. The average Bonchev–Trinajstić information content (AvgIpc) is 3.31. The fourth-order valence-corrected chi connectivity index (χ4v) is 3.64. The topological polar surface area (TPSA) is 98.1 Å². The van der Waals surface area contributed by atoms with Gasteiger partial charge < -0.3 is 15.4 Å². The maximum Gasteiger partial charge on any atom is 0.337 e. The summed E-state index contributed by atoms with van der Waals surface area (Å²) in [6.45, 7) is 0. The Morgan fingerprint density at radius 3 is 2.76 bits per heavy atom. The number of amides is 1. The minimum atomic E-state index is -0.516. The first-order valence-electron chi connectivity index (χ1n) is 8.58. The van der Waals surface area contributed by atoms with Crippen LogP contribution in [-0.4, -0.2) is 40.8 Å². The van der Waals surface area contributed by atoms with Crippen molar-refractivity contribution in [2.45, 2.75) is 12.5 Å². The van der Waals surface area contributed by atoms with Crippen molar-refractivity contribution in [3.63, 3.8) is 0 Å². The number of hydrogen-bond acceptors (Lipinski definition) is 7. The lowest BCUT2D eigenvalue weighted by molar-refractivity contribution is -0.118. The lowest BCUT2D eigenvalue weighted by Gasteiger charge is -2.12. The quantitative estimate of drug-likeness (QED) is 0.553. The zero-order valence-electron chi connectivity index (χ0n) is 16.2. The number of hydrogen-bond donors (Lipinski definition) is 2. The fraction of sp³-hybridized carbons (Fsp3) is 0.263. The number of aromatic nitrogens is 3. The Bertz CT molecular complexity index is 988. The molecule has 154 valence electrons. The largest absolute Gasteiger partial charge is 0.465 e. The SMILES string of the molecule is CNC(C(=O)Nc1ncc(Cc2cccc(C(=O)OC)c2)s1)c1cnn(C)c1.Cl. The van der Waals surface area contributed by atoms with E-state index in [1.54, 1.807) is 49.5 Å². The van der Waals surface area contributed by atoms with Gasteiger partial charge >= 0.3 is 5.97 Å². The van der Waals surface area contributed by atoms with Gasteiger partial charge in [-0.15, -0.1) is 23.7 Å². The molecule has 0 radical (unpaired) electrons. The van der Waals surface area contributed by atoms with Crippen LogP contribution in [0.4, 0.5) is 5.13 Å². The van der Waals surface area contributed by atoms with E-state index in [1.165, 1.54) is 18.4 Å². The zero-order valence-corrected chi connectivity index (χ0v) is 17.8. The van der Waals surface area contributed by atoms with Crippen molar-refractivity contribution in [2.75, 3.05) is 19.5 Å². The molecule has 2 N–H and O–H groups in total. The summed E-state index contributed by atoms with van der Waals surface area (Å²) in [6.07, 6.45) is 5.78. The maximum absolute atomic E-state index is 12.6. The second kappa shape index (κ2) is 10.1. The Morgan fingerprint density at radius 2 is 2.10 bits per heavy atom. The number of carbonyl (C=O) groups is 2. The van der Waals surface area contributed by atoms with Crippen LogP contribution in [0.15, 0.2) is 42.9 Å². The van der Waals surface area contributed by atoms with Crippen LogP contribution < -0.4 is 10.6 Å². The third kappa shape index (κ3) is 5.63. The molecule has 1 unspecified atom stereocenters. The molecule has 0 saturated carbocycles. The maximum atomic E-state index is 12.6. The number of esters is 1. The van der Waals surface area contributed by atoms with Gasteiger partial charge in [0.1, 0.15) is 6.04 Å². The molecule has 0 aliphatic heterocycles. The number of likely N-dealkylation sites (N-methyl/N-ethyl adjacent to an activating group) is 1. The molecule has 0 bridgehead atoms. The van der Waals surface area contributed by atoms with Crippen molar-refractivity contribution >= 4 is 40.8 Å². The van der Waals surface area contributed by atoms with E-state index in [9.17, 15) is 9.59 Å². The molecule has 0 fully saturated rings. The molecular formula is C19H22ClN5O3S. The second-order valence-corrected chi connectivity index (χ2v) is 7.27. The third-order valence-corrected chi connectivity index (χ3v) is 5.03. The van der Waals surface area contributed by atoms with Crippen LogP contribution in [-0.2, 0) is 23.0 Å². The molecule has 2 heterocycles. The molecule has 10 heteroatoms. The van der Waals surface area contributed by atoms with Gasteiger partial charge in [0.15, 0.2) is 5.13 Å². The van der Waals surface area contributed by atoms with Crippen LogP contribution in [0.3, 0.4) is 0 Å². The summed E-state index contributed by atoms with van der Waals surface area (Å²) in [5, 5.41) is 10.5. The molecule has 0 saturated heterocycles. The highest BCUT2D eigenvalue weighted by atomic mass is 35.5. The molecule has 2 aromatic heterocycles. The minimum absolute atomic E-state index is 0. The predicted octanol–water partition coefficient (Wildman–Crippen LogP) is 2.58. The van der Waals surface area contributed by atoms with Gasteiger partial charge in [-0.05, 0) is 24.7 Å². The molecule has 1 atom stereocenters. The number of rotatable bonds is 7. The standard InChI is InChI=1S/C19H21N5O3S.ClH/c1-20-16(14-9-22-24(2)11-14)17(25)23-19-21-10-15(28-19)8-12-5-4-6-13(7-12)18(26)27-3;/h4-7,9-11,16,20H,8H2,1-3H3,(H,21,23,25);1H. The third-order valence-electron chi connectivity index (χ3n) is 4.12. The lowest BCUT2D eigenvalue weighted by Crippen LogP contribution is -2.30. The van der Waals surface area contributed by atoms with Crippen molar-refractivity contribution in [3.05, 3.63) is 64.4 Å². The molecule has 29 heavy (non-hydrogen) atoms. The van der Waals surface area contributed by atoms with Crippen LogP contribution >= 0.6 is 23.7 Å². The monoisotopic (exact) mass is 435 g/mol. The summed E-state index contributed by atoms with van der Waals surface area (Å²) >= 11 is 1.40. The Hall–Kier alpha value is -2.75. The summed E-state index contributed by atoms with van der Waals surface area (Å²) in [5.74, 6) is -0.572. The molecule has 1 aromatic carbocycles. The van der Waals surface area contributed by atoms with Crippen LogP contribution in [0.25, 0.3) is 0 Å². The van der Waals surface area contributed by atoms with Crippen molar-refractivity contribution in [1.82, 2.24) is 20.1 Å². The number of nitrogens with one attached hydrogen (secondary N) is 2. The van der Waals surface area contributed by atoms with Crippen LogP contribution in [0, 0.1) is 0 Å². The summed E-state index contributed by atoms with van der Waals surface area (Å²) < 4.78 is 6.40. The number of carbonyl (C=O) groups excluding carboxylic acids is 2. The highest BCUT2D eigenvalue weighted by molar-refractivity contribution is 7.15. The van der Waals surface area contributed by atoms with Crippen molar-refractivity contribution < 1.29 is 14.3 Å². The first-order chi connectivity index (χ1) is 13.5. The summed E-state index contributed by atoms with van der Waals surface area (Å²) in [7, 11) is 4.88. The van der Waals surface area contributed by atoms with E-state index in [0.29, 0.717) is 17.1 Å². The Morgan fingerprint density at radius 1 is 1.31 bits per heavy atom. The summed E-state index contributed by atoms with van der Waals surface area (Å²) in [5.41, 5.74) is 2.25. The Labute approximate surface area is 178 Å². The van der Waals surface area contributed by atoms with Gasteiger partial charge in [0, 0.05) is 36.3 Å². The first-order valence-corrected chi connectivity index (χ1v) is 9.40. The number of nitrogens with zero attached hydrogens (tertiary/aromatic N) is 3. The summed E-state index contributed by atoms with van der Waals surface area (Å²) in [4.78, 5) is 29.5. The molecule has 8 nitrogen and oxygen atoms in total. The molecule has 3 aromatic rings. The van der Waals surface area contributed by atoms with Gasteiger partial charge in [0.2, 0.25) is 5.91 Å². The van der Waals surface area contributed by atoms with Crippen molar-refractivity contribution in [1.29, 1.82) is 0 Å². The molecule has 0 aliphatic carbocycles. The Balaban J connectivity index is 0.00000300. The average molecular weight is 436 g/mol. The normalized spacial score (nSPS) is 11.4. The smallest absolute Gasteiger partial charge is 0.337 e. The van der Waals surface area contributed by atoms with Crippen LogP contribution in [0.5, 0.6) is 0 Å². The molecule has 3 rings (SSSR count). The van der Waals surface area contributed by atoms with E-state index in [-0.39, 0.29) is 24.3 Å². The van der Waals surface area contributed by atoms with Crippen LogP contribution in [0.1, 0.15) is 32.4 Å². The molecule has 0 aliphatic rings. The van der Waals surface area contributed by atoms with Gasteiger partial charge in [-0.3, -0.25) is 9.48 Å². The lowest BCUT2D eigenvalue weighted by atomic mass is 10.1. The van der Waals surface area contributed by atoms with Crippen LogP contribution in [0.2, 0.25) is 0 Å². The number of benzene rings is 1. The van der Waals surface area contributed by atoms with E-state index < -0.39 is 6.04 Å². The van der Waals surface area contributed by atoms with Gasteiger partial charge in [-0.2, -0.15) is 5.10 Å². The van der Waals surface area contributed by atoms with E-state index in [0.717, 1.165) is 16.0 Å².